The summed E-state index contributed by atoms with van der Waals surface area (Å²) in [6, 6.07) is 7.16. The van der Waals surface area contributed by atoms with Gasteiger partial charge in [-0.3, -0.25) is 10.1 Å². The van der Waals surface area contributed by atoms with Crippen LogP contribution in [-0.4, -0.2) is 12.8 Å². The molecular weight excluding hydrogens is 225 g/mol. The second-order valence-corrected chi connectivity index (χ2v) is 5.77. The van der Waals surface area contributed by atoms with Gasteiger partial charge < -0.3 is 0 Å². The maximum absolute atomic E-state index is 11.1. The summed E-state index contributed by atoms with van der Waals surface area (Å²) in [6.45, 7) is 6.51. The molecule has 0 heterocycles. The van der Waals surface area contributed by atoms with Gasteiger partial charge in [-0.1, -0.05) is 51.2 Å². The standard InChI is InChI=1S/C14H22BNO2/c1-10(2)8-12(9-11(3)15)13-6-4-5-7-14(13)16(17)18/h4-7,10-12H,8-9,15H2,1-3H3. The van der Waals surface area contributed by atoms with E-state index in [1.807, 2.05) is 12.1 Å². The van der Waals surface area contributed by atoms with Crippen molar-refractivity contribution in [1.82, 2.24) is 0 Å². The third kappa shape index (κ3) is 4.17. The van der Waals surface area contributed by atoms with E-state index in [2.05, 4.69) is 28.6 Å². The van der Waals surface area contributed by atoms with Crippen LogP contribution in [0.25, 0.3) is 0 Å². The Balaban J connectivity index is 3.07. The fraction of sp³-hybridized carbons (Fsp3) is 0.571. The number of para-hydroxylation sites is 1. The zero-order chi connectivity index (χ0) is 13.7. The molecule has 2 atom stereocenters. The number of nitro benzene ring substituents is 1. The fourth-order valence-electron chi connectivity index (χ4n) is 2.49. The Bertz CT molecular complexity index is 395. The number of benzene rings is 1. The van der Waals surface area contributed by atoms with Gasteiger partial charge in [0.2, 0.25) is 0 Å². The normalized spacial score (nSPS) is 14.4. The number of nitro groups is 1. The number of nitrogens with zero attached hydrogens (tertiary/aromatic N) is 1. The van der Waals surface area contributed by atoms with Gasteiger partial charge in [0.1, 0.15) is 7.85 Å². The van der Waals surface area contributed by atoms with Gasteiger partial charge in [0, 0.05) is 11.6 Å². The summed E-state index contributed by atoms with van der Waals surface area (Å²) < 4.78 is 0. The zero-order valence-electron chi connectivity index (χ0n) is 11.7. The van der Waals surface area contributed by atoms with Gasteiger partial charge in [-0.25, -0.2) is 0 Å². The lowest BCUT2D eigenvalue weighted by Crippen LogP contribution is -2.08. The monoisotopic (exact) mass is 247 g/mol. The molecule has 98 valence electrons. The van der Waals surface area contributed by atoms with Crippen molar-refractivity contribution in [2.24, 2.45) is 5.92 Å². The fourth-order valence-corrected chi connectivity index (χ4v) is 2.49. The lowest BCUT2D eigenvalue weighted by Gasteiger charge is -2.21. The summed E-state index contributed by atoms with van der Waals surface area (Å²) in [6.07, 6.45) is 2.01. The Morgan fingerprint density at radius 2 is 1.83 bits per heavy atom. The van der Waals surface area contributed by atoms with E-state index in [9.17, 15) is 10.1 Å². The molecule has 4 heteroatoms. The van der Waals surface area contributed by atoms with E-state index in [0.29, 0.717) is 11.7 Å². The molecule has 18 heavy (non-hydrogen) atoms. The van der Waals surface area contributed by atoms with Crippen LogP contribution in [0.2, 0.25) is 5.82 Å². The topological polar surface area (TPSA) is 43.1 Å². The van der Waals surface area contributed by atoms with Crippen molar-refractivity contribution in [3.05, 3.63) is 39.9 Å². The highest BCUT2D eigenvalue weighted by atomic mass is 16.6. The average Bonchev–Trinajstić information content (AvgIpc) is 2.26. The van der Waals surface area contributed by atoms with E-state index < -0.39 is 0 Å². The second kappa shape index (κ2) is 6.57. The van der Waals surface area contributed by atoms with E-state index in [1.165, 1.54) is 0 Å². The number of hydrogen-bond acceptors (Lipinski definition) is 2. The van der Waals surface area contributed by atoms with Crippen molar-refractivity contribution < 1.29 is 4.92 Å². The Morgan fingerprint density at radius 1 is 1.22 bits per heavy atom. The van der Waals surface area contributed by atoms with Crippen molar-refractivity contribution in [1.29, 1.82) is 0 Å². The minimum atomic E-state index is -0.261. The van der Waals surface area contributed by atoms with Gasteiger partial charge in [-0.15, -0.1) is 0 Å². The summed E-state index contributed by atoms with van der Waals surface area (Å²) in [4.78, 5) is 10.8. The molecule has 0 saturated heterocycles. The Kier molecular flexibility index (Phi) is 5.38. The molecule has 0 fully saturated rings. The van der Waals surface area contributed by atoms with Crippen LogP contribution in [-0.2, 0) is 0 Å². The van der Waals surface area contributed by atoms with Crippen LogP contribution < -0.4 is 0 Å². The third-order valence-electron chi connectivity index (χ3n) is 3.09. The quantitative estimate of drug-likeness (QED) is 0.438. The van der Waals surface area contributed by atoms with Crippen molar-refractivity contribution >= 4 is 13.5 Å². The third-order valence-corrected chi connectivity index (χ3v) is 3.09. The predicted molar refractivity (Wildman–Crippen MR) is 77.9 cm³/mol. The van der Waals surface area contributed by atoms with E-state index in [0.717, 1.165) is 18.4 Å². The highest BCUT2D eigenvalue weighted by molar-refractivity contribution is 6.11. The summed E-state index contributed by atoms with van der Waals surface area (Å²) in [5.74, 6) is 1.38. The number of hydrogen-bond donors (Lipinski definition) is 0. The molecule has 1 aromatic carbocycles. The predicted octanol–water partition coefficient (Wildman–Crippen LogP) is 3.56. The molecule has 0 radical (unpaired) electrons. The lowest BCUT2D eigenvalue weighted by atomic mass is 9.76. The molecule has 0 amide bonds. The molecule has 2 unspecified atom stereocenters. The smallest absolute Gasteiger partial charge is 0.258 e. The van der Waals surface area contributed by atoms with Crippen molar-refractivity contribution in [2.75, 3.05) is 0 Å². The van der Waals surface area contributed by atoms with Crippen LogP contribution in [0.3, 0.4) is 0 Å². The van der Waals surface area contributed by atoms with Crippen LogP contribution in [0.4, 0.5) is 5.69 Å². The average molecular weight is 247 g/mol. The van der Waals surface area contributed by atoms with E-state index in [1.54, 1.807) is 12.1 Å². The molecule has 0 aliphatic rings. The molecule has 0 spiro atoms. The van der Waals surface area contributed by atoms with Gasteiger partial charge in [0.25, 0.3) is 5.69 Å². The Labute approximate surface area is 110 Å². The summed E-state index contributed by atoms with van der Waals surface area (Å²) in [5.41, 5.74) is 1.16. The van der Waals surface area contributed by atoms with Gasteiger partial charge in [-0.05, 0) is 18.3 Å². The van der Waals surface area contributed by atoms with Gasteiger partial charge in [0.15, 0.2) is 0 Å². The van der Waals surface area contributed by atoms with Crippen LogP contribution in [0, 0.1) is 16.0 Å². The van der Waals surface area contributed by atoms with Gasteiger partial charge in [0.05, 0.1) is 4.92 Å². The number of rotatable bonds is 6. The highest BCUT2D eigenvalue weighted by Gasteiger charge is 2.22. The second-order valence-electron chi connectivity index (χ2n) is 5.77. The Morgan fingerprint density at radius 3 is 2.33 bits per heavy atom. The maximum Gasteiger partial charge on any atom is 0.272 e. The summed E-state index contributed by atoms with van der Waals surface area (Å²) in [5, 5.41) is 11.1. The van der Waals surface area contributed by atoms with Gasteiger partial charge in [-0.2, -0.15) is 0 Å². The molecule has 0 aliphatic carbocycles. The van der Waals surface area contributed by atoms with Crippen LogP contribution >= 0.6 is 0 Å². The molecule has 0 saturated carbocycles. The molecule has 0 aromatic heterocycles. The summed E-state index contributed by atoms with van der Waals surface area (Å²) >= 11 is 0. The first-order valence-electron chi connectivity index (χ1n) is 6.65. The highest BCUT2D eigenvalue weighted by Crippen LogP contribution is 2.36. The lowest BCUT2D eigenvalue weighted by molar-refractivity contribution is -0.385. The van der Waals surface area contributed by atoms with Crippen LogP contribution in [0.1, 0.15) is 45.1 Å². The first kappa shape index (κ1) is 14.7. The summed E-state index contributed by atoms with van der Waals surface area (Å²) in [7, 11) is 2.17. The van der Waals surface area contributed by atoms with Gasteiger partial charge >= 0.3 is 0 Å². The maximum atomic E-state index is 11.1. The van der Waals surface area contributed by atoms with Crippen molar-refractivity contribution in [2.45, 2.75) is 45.3 Å². The minimum Gasteiger partial charge on any atom is -0.258 e. The minimum absolute atomic E-state index is 0.261. The van der Waals surface area contributed by atoms with Crippen LogP contribution in [0.15, 0.2) is 24.3 Å². The van der Waals surface area contributed by atoms with E-state index >= 15 is 0 Å². The first-order valence-corrected chi connectivity index (χ1v) is 6.65. The molecule has 0 aliphatic heterocycles. The first-order chi connectivity index (χ1) is 8.41. The van der Waals surface area contributed by atoms with Crippen molar-refractivity contribution in [3.63, 3.8) is 0 Å². The molecule has 1 rings (SSSR count). The Hall–Kier alpha value is -1.32. The molecule has 3 nitrogen and oxygen atoms in total. The SMILES string of the molecule is BC(C)CC(CC(C)C)c1ccccc1[N+](=O)[O-]. The van der Waals surface area contributed by atoms with E-state index in [-0.39, 0.29) is 16.5 Å². The molecule has 0 bridgehead atoms. The molecule has 1 aromatic rings. The van der Waals surface area contributed by atoms with Crippen LogP contribution in [0.5, 0.6) is 0 Å². The van der Waals surface area contributed by atoms with Crippen molar-refractivity contribution in [3.8, 4) is 0 Å². The molecular formula is C14H22BNO2. The largest absolute Gasteiger partial charge is 0.272 e. The molecule has 0 N–H and O–H groups in total. The zero-order valence-corrected chi connectivity index (χ0v) is 11.7. The van der Waals surface area contributed by atoms with E-state index in [4.69, 9.17) is 0 Å².